The highest BCUT2D eigenvalue weighted by Gasteiger charge is 2.23. The third kappa shape index (κ3) is 6.15. The number of nitrogens with zero attached hydrogens (tertiary/aromatic N) is 3. The Labute approximate surface area is 226 Å². The molecular formula is C29H29ClN4O4. The van der Waals surface area contributed by atoms with Gasteiger partial charge >= 0.3 is 0 Å². The standard InChI is InChI=1S/C29H29ClN4O4/c1-19(2)33(28(36)21-7-5-9-24(15-21)37-3)18-27(35)32-29-31-26(20-11-13-22(30)14-12-20)17-34(29)23-8-6-10-25(16-23)38-4/h5-17,19H,18H2,1-4H3,(H,31,32,35). The van der Waals surface area contributed by atoms with Crippen molar-refractivity contribution in [3.05, 3.63) is 89.6 Å². The van der Waals surface area contributed by atoms with Gasteiger partial charge in [-0.2, -0.15) is 0 Å². The number of benzene rings is 3. The van der Waals surface area contributed by atoms with E-state index in [1.54, 1.807) is 55.2 Å². The monoisotopic (exact) mass is 532 g/mol. The van der Waals surface area contributed by atoms with Crippen molar-refractivity contribution in [3.63, 3.8) is 0 Å². The second kappa shape index (κ2) is 11.8. The van der Waals surface area contributed by atoms with Gasteiger partial charge in [-0.05, 0) is 56.3 Å². The minimum atomic E-state index is -0.382. The first kappa shape index (κ1) is 26.8. The summed E-state index contributed by atoms with van der Waals surface area (Å²) in [6.45, 7) is 3.57. The summed E-state index contributed by atoms with van der Waals surface area (Å²) in [5.74, 6) is 0.889. The van der Waals surface area contributed by atoms with Crippen LogP contribution in [0.5, 0.6) is 11.5 Å². The van der Waals surface area contributed by atoms with Crippen molar-refractivity contribution in [2.45, 2.75) is 19.9 Å². The van der Waals surface area contributed by atoms with Crippen molar-refractivity contribution in [1.82, 2.24) is 14.5 Å². The molecule has 8 nitrogen and oxygen atoms in total. The molecule has 0 fully saturated rings. The third-order valence-electron chi connectivity index (χ3n) is 5.94. The molecule has 2 amide bonds. The fourth-order valence-electron chi connectivity index (χ4n) is 3.92. The molecule has 3 aromatic carbocycles. The smallest absolute Gasteiger partial charge is 0.254 e. The molecule has 0 spiro atoms. The maximum atomic E-state index is 13.3. The molecular weight excluding hydrogens is 504 g/mol. The van der Waals surface area contributed by atoms with Crippen LogP contribution in [0.2, 0.25) is 5.02 Å². The van der Waals surface area contributed by atoms with Crippen molar-refractivity contribution in [1.29, 1.82) is 0 Å². The molecule has 4 rings (SSSR count). The van der Waals surface area contributed by atoms with Crippen molar-refractivity contribution >= 4 is 29.4 Å². The van der Waals surface area contributed by atoms with Crippen molar-refractivity contribution < 1.29 is 19.1 Å². The van der Waals surface area contributed by atoms with E-state index in [-0.39, 0.29) is 24.4 Å². The van der Waals surface area contributed by atoms with E-state index in [1.165, 1.54) is 4.90 Å². The number of amides is 2. The van der Waals surface area contributed by atoms with Gasteiger partial charge in [0.25, 0.3) is 5.91 Å². The van der Waals surface area contributed by atoms with Gasteiger partial charge in [0, 0.05) is 34.5 Å². The second-order valence-electron chi connectivity index (χ2n) is 8.84. The maximum Gasteiger partial charge on any atom is 0.254 e. The molecule has 38 heavy (non-hydrogen) atoms. The molecule has 1 aromatic heterocycles. The van der Waals surface area contributed by atoms with Gasteiger partial charge in [-0.15, -0.1) is 0 Å². The zero-order chi connectivity index (χ0) is 27.2. The predicted molar refractivity (Wildman–Crippen MR) is 148 cm³/mol. The first-order chi connectivity index (χ1) is 18.3. The number of hydrogen-bond acceptors (Lipinski definition) is 5. The molecule has 1 N–H and O–H groups in total. The van der Waals surface area contributed by atoms with Crippen LogP contribution in [0.3, 0.4) is 0 Å². The summed E-state index contributed by atoms with van der Waals surface area (Å²) in [7, 11) is 3.13. The van der Waals surface area contributed by atoms with Crippen molar-refractivity contribution in [3.8, 4) is 28.4 Å². The molecule has 0 saturated heterocycles. The first-order valence-electron chi connectivity index (χ1n) is 12.0. The van der Waals surface area contributed by atoms with Crippen LogP contribution in [0.15, 0.2) is 79.0 Å². The van der Waals surface area contributed by atoms with Crippen LogP contribution in [-0.4, -0.2) is 53.1 Å². The van der Waals surface area contributed by atoms with Gasteiger partial charge in [-0.25, -0.2) is 4.98 Å². The number of hydrogen-bond donors (Lipinski definition) is 1. The Morgan fingerprint density at radius 1 is 0.974 bits per heavy atom. The topological polar surface area (TPSA) is 85.7 Å². The van der Waals surface area contributed by atoms with E-state index in [1.807, 2.05) is 56.4 Å². The average molecular weight is 533 g/mol. The maximum absolute atomic E-state index is 13.3. The number of anilines is 1. The van der Waals surface area contributed by atoms with Gasteiger partial charge in [0.05, 0.1) is 25.6 Å². The summed E-state index contributed by atoms with van der Waals surface area (Å²) in [5, 5.41) is 3.50. The number of imidazole rings is 1. The van der Waals surface area contributed by atoms with Crippen LogP contribution in [0.4, 0.5) is 5.95 Å². The highest BCUT2D eigenvalue weighted by atomic mass is 35.5. The van der Waals surface area contributed by atoms with E-state index in [4.69, 9.17) is 21.1 Å². The Morgan fingerprint density at radius 2 is 1.63 bits per heavy atom. The molecule has 0 atom stereocenters. The van der Waals surface area contributed by atoms with E-state index >= 15 is 0 Å². The summed E-state index contributed by atoms with van der Waals surface area (Å²) >= 11 is 6.06. The van der Waals surface area contributed by atoms with Crippen LogP contribution in [0, 0.1) is 0 Å². The number of ether oxygens (including phenoxy) is 2. The van der Waals surface area contributed by atoms with Gasteiger partial charge in [0.15, 0.2) is 0 Å². The fraction of sp³-hybridized carbons (Fsp3) is 0.207. The number of carbonyl (C=O) groups excluding carboxylic acids is 2. The summed E-state index contributed by atoms with van der Waals surface area (Å²) in [6, 6.07) is 21.4. The van der Waals surface area contributed by atoms with Crippen LogP contribution in [-0.2, 0) is 4.79 Å². The lowest BCUT2D eigenvalue weighted by Crippen LogP contribution is -2.42. The average Bonchev–Trinajstić information content (AvgIpc) is 3.35. The largest absolute Gasteiger partial charge is 0.497 e. The molecule has 0 radical (unpaired) electrons. The molecule has 4 aromatic rings. The van der Waals surface area contributed by atoms with Crippen LogP contribution in [0.1, 0.15) is 24.2 Å². The van der Waals surface area contributed by atoms with Crippen LogP contribution < -0.4 is 14.8 Å². The Hall–Kier alpha value is -4.30. The highest BCUT2D eigenvalue weighted by molar-refractivity contribution is 6.30. The molecule has 0 aliphatic carbocycles. The fourth-order valence-corrected chi connectivity index (χ4v) is 4.04. The molecule has 0 bridgehead atoms. The molecule has 0 saturated carbocycles. The molecule has 9 heteroatoms. The predicted octanol–water partition coefficient (Wildman–Crippen LogP) is 5.70. The van der Waals surface area contributed by atoms with E-state index < -0.39 is 0 Å². The van der Waals surface area contributed by atoms with E-state index in [9.17, 15) is 9.59 Å². The molecule has 0 aliphatic heterocycles. The second-order valence-corrected chi connectivity index (χ2v) is 9.27. The Balaban J connectivity index is 1.63. The first-order valence-corrected chi connectivity index (χ1v) is 12.4. The lowest BCUT2D eigenvalue weighted by atomic mass is 10.1. The minimum Gasteiger partial charge on any atom is -0.497 e. The Kier molecular flexibility index (Phi) is 8.33. The number of halogens is 1. The zero-order valence-electron chi connectivity index (χ0n) is 21.6. The SMILES string of the molecule is COc1cccc(C(=O)N(CC(=O)Nc2nc(-c3ccc(Cl)cc3)cn2-c2cccc(OC)c2)C(C)C)c1. The summed E-state index contributed by atoms with van der Waals surface area (Å²) in [4.78, 5) is 32.7. The van der Waals surface area contributed by atoms with Crippen LogP contribution in [0.25, 0.3) is 16.9 Å². The third-order valence-corrected chi connectivity index (χ3v) is 6.20. The summed E-state index contributed by atoms with van der Waals surface area (Å²) in [5.41, 5.74) is 2.67. The van der Waals surface area contributed by atoms with E-state index in [2.05, 4.69) is 10.3 Å². The van der Waals surface area contributed by atoms with Crippen molar-refractivity contribution in [2.75, 3.05) is 26.1 Å². The van der Waals surface area contributed by atoms with Crippen molar-refractivity contribution in [2.24, 2.45) is 0 Å². The number of nitrogens with one attached hydrogen (secondary N) is 1. The highest BCUT2D eigenvalue weighted by Crippen LogP contribution is 2.27. The lowest BCUT2D eigenvalue weighted by Gasteiger charge is -2.26. The summed E-state index contributed by atoms with van der Waals surface area (Å²) < 4.78 is 12.4. The van der Waals surface area contributed by atoms with Crippen LogP contribution >= 0.6 is 11.6 Å². The number of rotatable bonds is 9. The van der Waals surface area contributed by atoms with E-state index in [0.717, 1.165) is 11.3 Å². The van der Waals surface area contributed by atoms with Gasteiger partial charge in [0.2, 0.25) is 11.9 Å². The van der Waals surface area contributed by atoms with Gasteiger partial charge in [-0.3, -0.25) is 19.5 Å². The quantitative estimate of drug-likeness (QED) is 0.299. The Morgan fingerprint density at radius 3 is 2.29 bits per heavy atom. The number of methoxy groups -OCH3 is 2. The normalized spacial score (nSPS) is 10.8. The molecule has 0 aliphatic rings. The zero-order valence-corrected chi connectivity index (χ0v) is 22.4. The molecule has 0 unspecified atom stereocenters. The summed E-state index contributed by atoms with van der Waals surface area (Å²) in [6.07, 6.45) is 1.83. The van der Waals surface area contributed by atoms with Gasteiger partial charge in [0.1, 0.15) is 18.0 Å². The number of aromatic nitrogens is 2. The molecule has 1 heterocycles. The van der Waals surface area contributed by atoms with Gasteiger partial charge in [-0.1, -0.05) is 35.9 Å². The Bertz CT molecular complexity index is 1430. The van der Waals surface area contributed by atoms with Gasteiger partial charge < -0.3 is 14.4 Å². The van der Waals surface area contributed by atoms with E-state index in [0.29, 0.717) is 33.7 Å². The molecule has 196 valence electrons. The minimum absolute atomic E-state index is 0.158. The number of carbonyl (C=O) groups is 2. The lowest BCUT2D eigenvalue weighted by molar-refractivity contribution is -0.117.